The molecule has 2 unspecified atom stereocenters. The molecule has 2 aromatic heterocycles. The molecule has 0 radical (unpaired) electrons. The van der Waals surface area contributed by atoms with E-state index in [0.29, 0.717) is 48.2 Å². The van der Waals surface area contributed by atoms with Crippen molar-refractivity contribution in [3.05, 3.63) is 30.0 Å². The number of carbonyl (C=O) groups is 2. The van der Waals surface area contributed by atoms with Crippen molar-refractivity contribution in [2.75, 3.05) is 14.2 Å². The molecule has 180 valence electrons. The van der Waals surface area contributed by atoms with E-state index in [1.165, 1.54) is 14.2 Å². The van der Waals surface area contributed by atoms with Crippen molar-refractivity contribution in [2.24, 2.45) is 11.8 Å². The van der Waals surface area contributed by atoms with Crippen molar-refractivity contribution < 1.29 is 28.9 Å². The third-order valence-corrected chi connectivity index (χ3v) is 5.93. The number of carbonyl (C=O) groups excluding carboxylic acids is 2. The number of ether oxygens (including phenoxy) is 3. The van der Waals surface area contributed by atoms with Crippen LogP contribution in [0, 0.1) is 11.8 Å². The highest BCUT2D eigenvalue weighted by Gasteiger charge is 2.39. The van der Waals surface area contributed by atoms with Gasteiger partial charge >= 0.3 is 12.1 Å². The first-order valence-electron chi connectivity index (χ1n) is 11.2. The molecule has 1 saturated carbocycles. The maximum atomic E-state index is 12.8. The summed E-state index contributed by atoms with van der Waals surface area (Å²) in [6.45, 7) is 5.46. The Morgan fingerprint density at radius 2 is 1.82 bits per heavy atom. The summed E-state index contributed by atoms with van der Waals surface area (Å²) in [6, 6.07) is 5.09. The fourth-order valence-electron chi connectivity index (χ4n) is 4.39. The molecule has 0 spiro atoms. The minimum Gasteiger partial charge on any atom is -0.481 e. The summed E-state index contributed by atoms with van der Waals surface area (Å²) < 4.78 is 15.6. The molecule has 2 heterocycles. The number of aliphatic hydroxyl groups excluding tert-OH is 1. The molecule has 1 fully saturated rings. The summed E-state index contributed by atoms with van der Waals surface area (Å²) >= 11 is 0. The maximum Gasteiger partial charge on any atom is 0.407 e. The first-order valence-corrected chi connectivity index (χ1v) is 11.2. The average Bonchev–Trinajstić information content (AvgIpc) is 2.78. The minimum atomic E-state index is -1.12. The van der Waals surface area contributed by atoms with Crippen LogP contribution in [0.4, 0.5) is 4.79 Å². The van der Waals surface area contributed by atoms with E-state index in [9.17, 15) is 14.7 Å². The molecule has 2 N–H and O–H groups in total. The van der Waals surface area contributed by atoms with E-state index in [-0.39, 0.29) is 12.0 Å². The zero-order chi connectivity index (χ0) is 24.2. The van der Waals surface area contributed by atoms with Gasteiger partial charge in [0.2, 0.25) is 5.88 Å². The molecule has 2 atom stereocenters. The predicted octanol–water partition coefficient (Wildman–Crippen LogP) is 3.54. The summed E-state index contributed by atoms with van der Waals surface area (Å²) in [5.41, 5.74) is 1.02. The van der Waals surface area contributed by atoms with Crippen LogP contribution in [0.2, 0.25) is 0 Å². The number of methoxy groups -OCH3 is 2. The van der Waals surface area contributed by atoms with Crippen LogP contribution >= 0.6 is 0 Å². The van der Waals surface area contributed by atoms with Gasteiger partial charge in [0.25, 0.3) is 0 Å². The van der Waals surface area contributed by atoms with Crippen LogP contribution < -0.4 is 10.1 Å². The molecule has 9 nitrogen and oxygen atoms in total. The van der Waals surface area contributed by atoms with Gasteiger partial charge in [-0.15, -0.1) is 0 Å². The normalized spacial score (nSPS) is 20.5. The monoisotopic (exact) mass is 459 g/mol. The van der Waals surface area contributed by atoms with Gasteiger partial charge in [0.1, 0.15) is 5.60 Å². The van der Waals surface area contributed by atoms with Gasteiger partial charge in [-0.2, -0.15) is 0 Å². The summed E-state index contributed by atoms with van der Waals surface area (Å²) in [5.74, 6) is -0.958. The first-order chi connectivity index (χ1) is 15.6. The standard InChI is InChI=1S/C24H33N3O6/c1-24(2,3)33-23(30)26-15-8-6-14(7-9-15)19(22(29)32-5)21(28)16-12-13-25-17-10-11-18(31-4)27-20(16)17/h10-15,19,21,28H,6-9H2,1-5H3,(H,26,30). The highest BCUT2D eigenvalue weighted by molar-refractivity contribution is 5.80. The number of pyridine rings is 2. The number of nitrogens with one attached hydrogen (secondary N) is 1. The van der Waals surface area contributed by atoms with Gasteiger partial charge in [-0.05, 0) is 64.5 Å². The van der Waals surface area contributed by atoms with E-state index < -0.39 is 29.7 Å². The molecule has 9 heteroatoms. The number of amides is 1. The molecule has 3 rings (SSSR count). The lowest BCUT2D eigenvalue weighted by molar-refractivity contribution is -0.153. The average molecular weight is 460 g/mol. The van der Waals surface area contributed by atoms with Crippen LogP contribution in [-0.4, -0.2) is 53.0 Å². The van der Waals surface area contributed by atoms with Gasteiger partial charge in [0.15, 0.2) is 0 Å². The minimum absolute atomic E-state index is 0.0424. The number of rotatable bonds is 6. The van der Waals surface area contributed by atoms with Gasteiger partial charge in [-0.1, -0.05) is 0 Å². The molecular weight excluding hydrogens is 426 g/mol. The zero-order valence-electron chi connectivity index (χ0n) is 19.8. The van der Waals surface area contributed by atoms with E-state index in [0.717, 1.165) is 0 Å². The summed E-state index contributed by atoms with van der Waals surface area (Å²) in [4.78, 5) is 33.6. The van der Waals surface area contributed by atoms with Crippen molar-refractivity contribution in [1.82, 2.24) is 15.3 Å². The van der Waals surface area contributed by atoms with E-state index in [1.54, 1.807) is 24.4 Å². The molecule has 0 aliphatic heterocycles. The Morgan fingerprint density at radius 3 is 2.42 bits per heavy atom. The molecule has 0 aromatic carbocycles. The maximum absolute atomic E-state index is 12.8. The van der Waals surface area contributed by atoms with Crippen molar-refractivity contribution in [1.29, 1.82) is 0 Å². The Morgan fingerprint density at radius 1 is 1.12 bits per heavy atom. The molecule has 1 aliphatic rings. The fourth-order valence-corrected chi connectivity index (χ4v) is 4.39. The second kappa shape index (κ2) is 10.3. The van der Waals surface area contributed by atoms with Crippen LogP contribution in [0.15, 0.2) is 24.4 Å². The molecule has 1 amide bonds. The number of hydrogen-bond acceptors (Lipinski definition) is 8. The predicted molar refractivity (Wildman–Crippen MR) is 122 cm³/mol. The Labute approximate surface area is 193 Å². The van der Waals surface area contributed by atoms with Crippen molar-refractivity contribution in [3.63, 3.8) is 0 Å². The van der Waals surface area contributed by atoms with Gasteiger partial charge < -0.3 is 24.6 Å². The Hall–Kier alpha value is -2.94. The fraction of sp³-hybridized carbons (Fsp3) is 0.583. The van der Waals surface area contributed by atoms with Crippen LogP contribution in [-0.2, 0) is 14.3 Å². The summed E-state index contributed by atoms with van der Waals surface area (Å²) in [6.07, 6.45) is 2.67. The van der Waals surface area contributed by atoms with Gasteiger partial charge in [-0.25, -0.2) is 9.78 Å². The second-order valence-electron chi connectivity index (χ2n) is 9.37. The second-order valence-corrected chi connectivity index (χ2v) is 9.37. The molecule has 2 aromatic rings. The lowest BCUT2D eigenvalue weighted by atomic mass is 9.74. The number of alkyl carbamates (subject to hydrolysis) is 1. The van der Waals surface area contributed by atoms with Gasteiger partial charge in [-0.3, -0.25) is 9.78 Å². The molecular formula is C24H33N3O6. The van der Waals surface area contributed by atoms with Gasteiger partial charge in [0.05, 0.1) is 37.3 Å². The number of fused-ring (bicyclic) bond motifs is 1. The molecule has 1 aliphatic carbocycles. The molecule has 0 saturated heterocycles. The van der Waals surface area contributed by atoms with Crippen molar-refractivity contribution >= 4 is 23.1 Å². The molecule has 33 heavy (non-hydrogen) atoms. The van der Waals surface area contributed by atoms with Crippen molar-refractivity contribution in [3.8, 4) is 5.88 Å². The highest BCUT2D eigenvalue weighted by Crippen LogP contribution is 2.39. The Kier molecular flexibility index (Phi) is 7.73. The zero-order valence-corrected chi connectivity index (χ0v) is 19.8. The van der Waals surface area contributed by atoms with E-state index >= 15 is 0 Å². The van der Waals surface area contributed by atoms with Crippen LogP contribution in [0.5, 0.6) is 5.88 Å². The number of hydrogen-bond donors (Lipinski definition) is 2. The SMILES string of the molecule is COC(=O)C(C1CCC(NC(=O)OC(C)(C)C)CC1)C(O)c1ccnc2ccc(OC)nc12. The van der Waals surface area contributed by atoms with Gasteiger partial charge in [0, 0.05) is 23.9 Å². The number of aromatic nitrogens is 2. The first kappa shape index (κ1) is 24.7. The third kappa shape index (κ3) is 6.10. The lowest BCUT2D eigenvalue weighted by Crippen LogP contribution is -2.42. The topological polar surface area (TPSA) is 120 Å². The Bertz CT molecular complexity index is 982. The van der Waals surface area contributed by atoms with E-state index in [1.807, 2.05) is 20.8 Å². The number of aliphatic hydroxyl groups is 1. The molecule has 0 bridgehead atoms. The van der Waals surface area contributed by atoms with Crippen LogP contribution in [0.3, 0.4) is 0 Å². The smallest absolute Gasteiger partial charge is 0.407 e. The van der Waals surface area contributed by atoms with E-state index in [2.05, 4.69) is 15.3 Å². The number of esters is 1. The third-order valence-electron chi connectivity index (χ3n) is 5.93. The Balaban J connectivity index is 1.77. The largest absolute Gasteiger partial charge is 0.481 e. The lowest BCUT2D eigenvalue weighted by Gasteiger charge is -2.35. The quantitative estimate of drug-likeness (QED) is 0.630. The van der Waals surface area contributed by atoms with E-state index in [4.69, 9.17) is 14.2 Å². The number of nitrogens with zero attached hydrogens (tertiary/aromatic N) is 2. The van der Waals surface area contributed by atoms with Crippen molar-refractivity contribution in [2.45, 2.75) is 64.2 Å². The summed E-state index contributed by atoms with van der Waals surface area (Å²) in [5, 5.41) is 14.2. The highest BCUT2D eigenvalue weighted by atomic mass is 16.6. The van der Waals surface area contributed by atoms with Crippen LogP contribution in [0.1, 0.15) is 58.1 Å². The van der Waals surface area contributed by atoms with Crippen LogP contribution in [0.25, 0.3) is 11.0 Å². The summed E-state index contributed by atoms with van der Waals surface area (Å²) in [7, 11) is 2.84.